The van der Waals surface area contributed by atoms with Crippen molar-refractivity contribution in [3.05, 3.63) is 116 Å². The van der Waals surface area contributed by atoms with Crippen LogP contribution in [-0.2, 0) is 22.4 Å². The lowest BCUT2D eigenvalue weighted by molar-refractivity contribution is -0.139. The minimum Gasteiger partial charge on any atom is -0.479 e. The number of hydrogen-bond donors (Lipinski definition) is 2. The Balaban J connectivity index is 0.000000150. The van der Waals surface area contributed by atoms with Gasteiger partial charge in [0, 0.05) is 131 Å². The van der Waals surface area contributed by atoms with Gasteiger partial charge < -0.3 is 29.9 Å². The van der Waals surface area contributed by atoms with Crippen molar-refractivity contribution in [1.29, 1.82) is 0 Å². The second kappa shape index (κ2) is 16.5. The van der Waals surface area contributed by atoms with Gasteiger partial charge in [-0.3, -0.25) is 19.6 Å². The Morgan fingerprint density at radius 3 is 1.36 bits per heavy atom. The maximum absolute atomic E-state index is 13.0. The summed E-state index contributed by atoms with van der Waals surface area (Å²) in [6, 6.07) is 22.6. The molecular formula is C44H38Cl4N6O4. The summed E-state index contributed by atoms with van der Waals surface area (Å²) >= 11 is 25.3. The molecule has 4 aliphatic heterocycles. The van der Waals surface area contributed by atoms with Gasteiger partial charge >= 0.3 is 0 Å². The molecule has 0 saturated carbocycles. The quantitative estimate of drug-likeness (QED) is 0.185. The molecule has 0 spiro atoms. The van der Waals surface area contributed by atoms with Crippen LogP contribution in [-0.4, -0.2) is 96.1 Å². The highest BCUT2D eigenvalue weighted by atomic mass is 35.5. The Kier molecular flexibility index (Phi) is 11.1. The van der Waals surface area contributed by atoms with Crippen molar-refractivity contribution < 1.29 is 19.1 Å². The maximum atomic E-state index is 13.0. The number of pyridine rings is 2. The third-order valence-corrected chi connectivity index (χ3v) is 11.9. The first kappa shape index (κ1) is 38.8. The Bertz CT molecular complexity index is 2400. The van der Waals surface area contributed by atoms with Gasteiger partial charge in [-0.25, -0.2) is 0 Å². The van der Waals surface area contributed by atoms with Crippen LogP contribution in [0.5, 0.6) is 11.5 Å². The van der Waals surface area contributed by atoms with Crippen LogP contribution < -0.4 is 20.1 Å². The number of amides is 2. The lowest BCUT2D eigenvalue weighted by atomic mass is 9.97. The van der Waals surface area contributed by atoms with Gasteiger partial charge in [0.05, 0.1) is 11.0 Å². The first-order valence-electron chi connectivity index (χ1n) is 19.3. The first-order chi connectivity index (χ1) is 28.2. The zero-order valence-corrected chi connectivity index (χ0v) is 34.3. The number of hydrogen-bond acceptors (Lipinski definition) is 8. The highest BCUT2D eigenvalue weighted by Crippen LogP contribution is 2.45. The van der Waals surface area contributed by atoms with E-state index in [1.807, 2.05) is 82.6 Å². The van der Waals surface area contributed by atoms with Crippen LogP contribution in [0.3, 0.4) is 0 Å². The van der Waals surface area contributed by atoms with Crippen LogP contribution >= 0.6 is 46.4 Å². The zero-order chi connectivity index (χ0) is 39.9. The predicted molar refractivity (Wildman–Crippen MR) is 230 cm³/mol. The fraction of sp³-hybridized carbons (Fsp3) is 0.273. The summed E-state index contributed by atoms with van der Waals surface area (Å²) in [6.45, 7) is 6.07. The number of halogens is 4. The number of fused-ring (bicyclic) bond motifs is 4. The van der Waals surface area contributed by atoms with Crippen molar-refractivity contribution in [3.8, 4) is 33.8 Å². The van der Waals surface area contributed by atoms with Gasteiger partial charge in [0.25, 0.3) is 11.8 Å². The van der Waals surface area contributed by atoms with E-state index in [0.717, 1.165) is 92.9 Å². The van der Waals surface area contributed by atoms with E-state index in [-0.39, 0.29) is 11.8 Å². The number of piperazine rings is 2. The number of rotatable bonds is 4. The van der Waals surface area contributed by atoms with E-state index in [0.29, 0.717) is 59.1 Å². The molecule has 0 aliphatic carbocycles. The molecule has 2 fully saturated rings. The molecule has 2 saturated heterocycles. The molecule has 2 amide bonds. The van der Waals surface area contributed by atoms with E-state index in [4.69, 9.17) is 55.9 Å². The molecule has 4 aromatic carbocycles. The molecule has 2 aromatic heterocycles. The molecule has 0 unspecified atom stereocenters. The lowest BCUT2D eigenvalue weighted by Crippen LogP contribution is -2.50. The molecule has 6 aromatic rings. The summed E-state index contributed by atoms with van der Waals surface area (Å²) < 4.78 is 12.4. The fourth-order valence-electron chi connectivity index (χ4n) is 8.21. The first-order valence-corrected chi connectivity index (χ1v) is 20.8. The van der Waals surface area contributed by atoms with E-state index in [1.54, 1.807) is 12.4 Å². The highest BCUT2D eigenvalue weighted by molar-refractivity contribution is 6.32. The van der Waals surface area contributed by atoms with Crippen molar-refractivity contribution in [2.75, 3.05) is 52.4 Å². The van der Waals surface area contributed by atoms with Crippen LogP contribution in [0.25, 0.3) is 44.1 Å². The van der Waals surface area contributed by atoms with Crippen molar-refractivity contribution in [2.24, 2.45) is 0 Å². The fourth-order valence-corrected chi connectivity index (χ4v) is 9.03. The number of aromatic nitrogens is 2. The molecule has 0 bridgehead atoms. The smallest absolute Gasteiger partial charge is 0.264 e. The summed E-state index contributed by atoms with van der Waals surface area (Å²) in [5, 5.41) is 10.9. The minimum absolute atomic E-state index is 0.0346. The number of carbonyl (C=O) groups is 2. The third-order valence-electron chi connectivity index (χ3n) is 11.0. The van der Waals surface area contributed by atoms with Crippen LogP contribution in [0.2, 0.25) is 20.1 Å². The maximum Gasteiger partial charge on any atom is 0.264 e. The van der Waals surface area contributed by atoms with E-state index in [1.165, 1.54) is 0 Å². The summed E-state index contributed by atoms with van der Waals surface area (Å²) in [7, 11) is 0. The molecule has 10 rings (SSSR count). The standard InChI is InChI=1S/2C22H19Cl2N3O2/c2*23-14-1-2-19-17(11-14)16(3-4-26-19)18-12-15(24)9-13-10-20(29-21(13)18)22(28)27-7-5-25-6-8-27/h2*1-4,9,11-12,20,25H,5-8,10H2/t2*20-/m10/s1. The van der Waals surface area contributed by atoms with Gasteiger partial charge in [-0.1, -0.05) is 46.4 Å². The van der Waals surface area contributed by atoms with Crippen LogP contribution in [0.4, 0.5) is 0 Å². The Hall–Kier alpha value is -4.68. The Morgan fingerprint density at radius 2 is 0.948 bits per heavy atom. The van der Waals surface area contributed by atoms with Crippen LogP contribution in [0.15, 0.2) is 85.2 Å². The van der Waals surface area contributed by atoms with Gasteiger partial charge in [-0.2, -0.15) is 0 Å². The minimum atomic E-state index is -0.517. The van der Waals surface area contributed by atoms with E-state index >= 15 is 0 Å². The molecule has 4 aliphatic rings. The van der Waals surface area contributed by atoms with Crippen molar-refractivity contribution in [3.63, 3.8) is 0 Å². The second-order valence-electron chi connectivity index (χ2n) is 14.7. The molecule has 296 valence electrons. The summed E-state index contributed by atoms with van der Waals surface area (Å²) in [5.74, 6) is 1.51. The van der Waals surface area contributed by atoms with Gasteiger partial charge in [-0.05, 0) is 83.9 Å². The number of nitrogens with zero attached hydrogens (tertiary/aromatic N) is 4. The number of carbonyl (C=O) groups excluding carboxylic acids is 2. The Morgan fingerprint density at radius 1 is 0.534 bits per heavy atom. The molecule has 0 radical (unpaired) electrons. The van der Waals surface area contributed by atoms with Crippen molar-refractivity contribution in [1.82, 2.24) is 30.4 Å². The topological polar surface area (TPSA) is 109 Å². The average molecular weight is 857 g/mol. The third kappa shape index (κ3) is 7.77. The molecule has 14 heteroatoms. The Labute approximate surface area is 355 Å². The number of benzene rings is 4. The number of nitrogens with one attached hydrogen (secondary N) is 2. The van der Waals surface area contributed by atoms with Gasteiger partial charge in [0.1, 0.15) is 11.5 Å². The van der Waals surface area contributed by atoms with Gasteiger partial charge in [0.2, 0.25) is 0 Å². The molecule has 2 atom stereocenters. The highest BCUT2D eigenvalue weighted by Gasteiger charge is 2.36. The normalized spacial score (nSPS) is 18.6. The molecule has 6 heterocycles. The van der Waals surface area contributed by atoms with E-state index in [9.17, 15) is 9.59 Å². The van der Waals surface area contributed by atoms with Crippen LogP contribution in [0, 0.1) is 0 Å². The molecule has 58 heavy (non-hydrogen) atoms. The number of ether oxygens (including phenoxy) is 2. The lowest BCUT2D eigenvalue weighted by Gasteiger charge is -2.29. The zero-order valence-electron chi connectivity index (χ0n) is 31.2. The van der Waals surface area contributed by atoms with Crippen molar-refractivity contribution >= 4 is 80.0 Å². The monoisotopic (exact) mass is 854 g/mol. The summed E-state index contributed by atoms with van der Waals surface area (Å²) in [4.78, 5) is 38.5. The average Bonchev–Trinajstić information content (AvgIpc) is 3.88. The molecule has 2 N–H and O–H groups in total. The van der Waals surface area contributed by atoms with Gasteiger partial charge in [-0.15, -0.1) is 0 Å². The van der Waals surface area contributed by atoms with Crippen LogP contribution in [0.1, 0.15) is 11.1 Å². The largest absolute Gasteiger partial charge is 0.479 e. The van der Waals surface area contributed by atoms with E-state index in [2.05, 4.69) is 20.6 Å². The molecular weight excluding hydrogens is 818 g/mol. The van der Waals surface area contributed by atoms with Crippen molar-refractivity contribution in [2.45, 2.75) is 25.0 Å². The summed E-state index contributed by atoms with van der Waals surface area (Å²) in [5.41, 5.74) is 7.17. The second-order valence-corrected chi connectivity index (χ2v) is 16.4. The van der Waals surface area contributed by atoms with E-state index < -0.39 is 12.2 Å². The molecule has 10 nitrogen and oxygen atoms in total. The predicted octanol–water partition coefficient (Wildman–Crippen LogP) is 7.89. The van der Waals surface area contributed by atoms with Gasteiger partial charge in [0.15, 0.2) is 12.2 Å². The summed E-state index contributed by atoms with van der Waals surface area (Å²) in [6.07, 6.45) is 3.54. The SMILES string of the molecule is O=C([C@@H]1Cc2cc(Cl)cc(-c3ccnc4ccc(Cl)cc34)c2O1)N1CCNCC1.O=C([C@H]1Cc2cc(Cl)cc(-c3ccnc4ccc(Cl)cc34)c2O1)N1CCNCC1.